The molecule has 1 aromatic carbocycles. The van der Waals surface area contributed by atoms with Crippen LogP contribution in [0.1, 0.15) is 5.56 Å². The Morgan fingerprint density at radius 3 is 2.41 bits per heavy atom. The summed E-state index contributed by atoms with van der Waals surface area (Å²) in [5, 5.41) is 5.23. The van der Waals surface area contributed by atoms with Gasteiger partial charge in [-0.2, -0.15) is 9.40 Å². The molecule has 1 aliphatic rings. The quantitative estimate of drug-likeness (QED) is 0.728. The van der Waals surface area contributed by atoms with Gasteiger partial charge in [0, 0.05) is 31.6 Å². The Hall–Kier alpha value is -1.71. The van der Waals surface area contributed by atoms with E-state index in [4.69, 9.17) is 23.2 Å². The highest BCUT2D eigenvalue weighted by Gasteiger charge is 2.25. The molecule has 0 aliphatic carbocycles. The zero-order valence-electron chi connectivity index (χ0n) is 14.3. The van der Waals surface area contributed by atoms with Crippen molar-refractivity contribution in [3.63, 3.8) is 0 Å². The first-order valence-electron chi connectivity index (χ1n) is 8.23. The van der Waals surface area contributed by atoms with Crippen LogP contribution in [0.5, 0.6) is 0 Å². The molecular formula is C17H18Cl2N4O3S. The number of hydrogen-bond donors (Lipinski definition) is 0. The molecule has 0 N–H and O–H groups in total. The Bertz CT molecular complexity index is 985. The third-order valence-corrected chi connectivity index (χ3v) is 6.51. The number of aromatic nitrogens is 2. The molecule has 1 aliphatic heterocycles. The van der Waals surface area contributed by atoms with E-state index in [9.17, 15) is 13.2 Å². The molecule has 3 rings (SSSR count). The Balaban J connectivity index is 1.61. The van der Waals surface area contributed by atoms with Crippen LogP contribution in [-0.2, 0) is 16.7 Å². The second-order valence-electron chi connectivity index (χ2n) is 6.03. The predicted molar refractivity (Wildman–Crippen MR) is 106 cm³/mol. The number of sulfonamides is 1. The van der Waals surface area contributed by atoms with Gasteiger partial charge < -0.3 is 0 Å². The van der Waals surface area contributed by atoms with Gasteiger partial charge in [-0.15, -0.1) is 0 Å². The predicted octanol–water partition coefficient (Wildman–Crippen LogP) is 2.13. The normalized spacial score (nSPS) is 16.8. The summed E-state index contributed by atoms with van der Waals surface area (Å²) in [6.07, 6.45) is 2.90. The van der Waals surface area contributed by atoms with Crippen LogP contribution < -0.4 is 5.56 Å². The van der Waals surface area contributed by atoms with E-state index in [-0.39, 0.29) is 16.7 Å². The van der Waals surface area contributed by atoms with Crippen molar-refractivity contribution in [3.05, 3.63) is 67.9 Å². The maximum absolute atomic E-state index is 12.5. The molecule has 1 aromatic heterocycles. The van der Waals surface area contributed by atoms with E-state index in [1.807, 2.05) is 35.2 Å². The van der Waals surface area contributed by atoms with Gasteiger partial charge in [-0.3, -0.25) is 9.69 Å². The fourth-order valence-corrected chi connectivity index (χ4v) is 4.12. The van der Waals surface area contributed by atoms with Crippen LogP contribution in [0.4, 0.5) is 0 Å². The van der Waals surface area contributed by atoms with E-state index in [0.717, 1.165) is 5.56 Å². The van der Waals surface area contributed by atoms with Crippen molar-refractivity contribution in [1.82, 2.24) is 19.0 Å². The molecule has 2 aromatic rings. The zero-order chi connectivity index (χ0) is 19.4. The van der Waals surface area contributed by atoms with Crippen molar-refractivity contribution < 1.29 is 8.42 Å². The standard InChI is InChI=1S/C17H18Cl2N4O3S/c18-15-12-20-23(17(24)16(15)19)13-21-7-9-22(10-8-21)27(25,26)11-6-14-4-2-1-3-5-14/h1-6,11-12H,7-10,13H2. The van der Waals surface area contributed by atoms with Crippen molar-refractivity contribution >= 4 is 39.3 Å². The lowest BCUT2D eigenvalue weighted by Crippen LogP contribution is -2.49. The van der Waals surface area contributed by atoms with Crippen molar-refractivity contribution in [2.75, 3.05) is 26.2 Å². The summed E-state index contributed by atoms with van der Waals surface area (Å²) in [5.74, 6) is 0. The average molecular weight is 429 g/mol. The number of rotatable bonds is 5. The molecule has 1 saturated heterocycles. The van der Waals surface area contributed by atoms with Crippen LogP contribution in [0.2, 0.25) is 10.0 Å². The molecule has 7 nitrogen and oxygen atoms in total. The summed E-state index contributed by atoms with van der Waals surface area (Å²) in [4.78, 5) is 14.0. The smallest absolute Gasteiger partial charge is 0.282 e. The monoisotopic (exact) mass is 428 g/mol. The van der Waals surface area contributed by atoms with E-state index >= 15 is 0 Å². The Morgan fingerprint density at radius 1 is 1.07 bits per heavy atom. The highest BCUT2D eigenvalue weighted by Crippen LogP contribution is 2.15. The average Bonchev–Trinajstić information content (AvgIpc) is 2.68. The van der Waals surface area contributed by atoms with Crippen LogP contribution in [0.15, 0.2) is 46.7 Å². The second-order valence-corrected chi connectivity index (χ2v) is 8.63. The molecule has 2 heterocycles. The number of halogens is 2. The van der Waals surface area contributed by atoms with Gasteiger partial charge in [0.1, 0.15) is 5.02 Å². The first-order chi connectivity index (χ1) is 12.9. The molecule has 0 unspecified atom stereocenters. The molecule has 27 heavy (non-hydrogen) atoms. The van der Waals surface area contributed by atoms with Crippen LogP contribution >= 0.6 is 23.2 Å². The summed E-state index contributed by atoms with van der Waals surface area (Å²) in [7, 11) is -3.49. The number of benzene rings is 1. The number of nitrogens with zero attached hydrogens (tertiary/aromatic N) is 4. The lowest BCUT2D eigenvalue weighted by Gasteiger charge is -2.33. The van der Waals surface area contributed by atoms with Crippen molar-refractivity contribution in [1.29, 1.82) is 0 Å². The van der Waals surface area contributed by atoms with Crippen LogP contribution in [0.25, 0.3) is 6.08 Å². The molecule has 0 amide bonds. The minimum Gasteiger partial charge on any atom is -0.282 e. The van der Waals surface area contributed by atoms with Gasteiger partial charge in [-0.05, 0) is 11.6 Å². The maximum atomic E-state index is 12.5. The van der Waals surface area contributed by atoms with Crippen LogP contribution in [-0.4, -0.2) is 53.6 Å². The molecule has 144 valence electrons. The van der Waals surface area contributed by atoms with Gasteiger partial charge in [0.05, 0.1) is 17.9 Å². The van der Waals surface area contributed by atoms with E-state index in [0.29, 0.717) is 26.2 Å². The van der Waals surface area contributed by atoms with Gasteiger partial charge in [0.2, 0.25) is 10.0 Å². The zero-order valence-corrected chi connectivity index (χ0v) is 16.7. The summed E-state index contributed by atoms with van der Waals surface area (Å²) in [5.41, 5.74) is 0.356. The van der Waals surface area contributed by atoms with E-state index in [1.54, 1.807) is 6.08 Å². The van der Waals surface area contributed by atoms with Crippen molar-refractivity contribution in [2.24, 2.45) is 0 Å². The summed E-state index contributed by atoms with van der Waals surface area (Å²) < 4.78 is 27.6. The van der Waals surface area contributed by atoms with Gasteiger partial charge in [0.15, 0.2) is 0 Å². The molecule has 0 bridgehead atoms. The van der Waals surface area contributed by atoms with Crippen LogP contribution in [0.3, 0.4) is 0 Å². The topological polar surface area (TPSA) is 75.5 Å². The molecule has 0 spiro atoms. The fraction of sp³-hybridized carbons (Fsp3) is 0.294. The summed E-state index contributed by atoms with van der Waals surface area (Å²) in [6, 6.07) is 9.26. The van der Waals surface area contributed by atoms with Crippen molar-refractivity contribution in [2.45, 2.75) is 6.67 Å². The van der Waals surface area contributed by atoms with E-state index in [2.05, 4.69) is 5.10 Å². The minimum absolute atomic E-state index is 0.0704. The Morgan fingerprint density at radius 2 is 1.74 bits per heavy atom. The molecule has 10 heteroatoms. The number of piperazine rings is 1. The van der Waals surface area contributed by atoms with Gasteiger partial charge in [-0.25, -0.2) is 13.1 Å². The largest absolute Gasteiger partial charge is 0.288 e. The third kappa shape index (κ3) is 4.97. The third-order valence-electron chi connectivity index (χ3n) is 4.20. The highest BCUT2D eigenvalue weighted by molar-refractivity contribution is 7.92. The van der Waals surface area contributed by atoms with Gasteiger partial charge >= 0.3 is 0 Å². The molecular weight excluding hydrogens is 411 g/mol. The highest BCUT2D eigenvalue weighted by atomic mass is 35.5. The van der Waals surface area contributed by atoms with E-state index < -0.39 is 15.6 Å². The van der Waals surface area contributed by atoms with Crippen molar-refractivity contribution in [3.8, 4) is 0 Å². The fourth-order valence-electron chi connectivity index (χ4n) is 2.68. The second kappa shape index (κ2) is 8.53. The molecule has 0 saturated carbocycles. The first-order valence-corrected chi connectivity index (χ1v) is 10.5. The van der Waals surface area contributed by atoms with E-state index in [1.165, 1.54) is 20.6 Å². The molecule has 0 radical (unpaired) electrons. The maximum Gasteiger partial charge on any atom is 0.288 e. The molecule has 0 atom stereocenters. The van der Waals surface area contributed by atoms with Gasteiger partial charge in [-0.1, -0.05) is 53.5 Å². The lowest BCUT2D eigenvalue weighted by molar-refractivity contribution is 0.143. The van der Waals surface area contributed by atoms with Crippen LogP contribution in [0, 0.1) is 0 Å². The lowest BCUT2D eigenvalue weighted by atomic mass is 10.2. The molecule has 1 fully saturated rings. The minimum atomic E-state index is -3.49. The first kappa shape index (κ1) is 20.0. The Labute approximate surface area is 167 Å². The number of hydrogen-bond acceptors (Lipinski definition) is 5. The van der Waals surface area contributed by atoms with Gasteiger partial charge in [0.25, 0.3) is 5.56 Å². The SMILES string of the molecule is O=c1c(Cl)c(Cl)cnn1CN1CCN(S(=O)(=O)C=Cc2ccccc2)CC1. The summed E-state index contributed by atoms with van der Waals surface area (Å²) >= 11 is 11.6. The summed E-state index contributed by atoms with van der Waals surface area (Å²) in [6.45, 7) is 1.85. The Kier molecular flexibility index (Phi) is 6.33.